The molecular weight excluding hydrogens is 150 g/mol. The lowest BCUT2D eigenvalue weighted by Gasteiger charge is -2.31. The highest BCUT2D eigenvalue weighted by Crippen LogP contribution is 2.53. The zero-order chi connectivity index (χ0) is 8.98. The van der Waals surface area contributed by atoms with Gasteiger partial charge in [-0.2, -0.15) is 0 Å². The van der Waals surface area contributed by atoms with E-state index >= 15 is 0 Å². The van der Waals surface area contributed by atoms with Crippen molar-refractivity contribution in [3.63, 3.8) is 0 Å². The fourth-order valence-corrected chi connectivity index (χ4v) is 2.76. The third kappa shape index (κ3) is 1.01. The van der Waals surface area contributed by atoms with Gasteiger partial charge in [-0.15, -0.1) is 0 Å². The molecule has 0 amide bonds. The normalized spacial score (nSPS) is 51.0. The van der Waals surface area contributed by atoms with Gasteiger partial charge in [-0.05, 0) is 32.6 Å². The summed E-state index contributed by atoms with van der Waals surface area (Å²) in [6.45, 7) is 7.48. The van der Waals surface area contributed by atoms with Crippen LogP contribution >= 0.6 is 0 Å². The molecule has 1 heterocycles. The second-order valence-electron chi connectivity index (χ2n) is 5.01. The quantitative estimate of drug-likeness (QED) is 0.646. The Balaban J connectivity index is 2.14. The molecule has 2 fully saturated rings. The van der Waals surface area contributed by atoms with Crippen LogP contribution in [0.25, 0.3) is 0 Å². The third-order valence-corrected chi connectivity index (χ3v) is 3.79. The first-order valence-electron chi connectivity index (χ1n) is 4.89. The summed E-state index contributed by atoms with van der Waals surface area (Å²) in [7, 11) is 0. The van der Waals surface area contributed by atoms with Crippen molar-refractivity contribution in [2.75, 3.05) is 6.61 Å². The molecule has 2 N–H and O–H groups in total. The van der Waals surface area contributed by atoms with Crippen molar-refractivity contribution in [3.8, 4) is 0 Å². The maximum atomic E-state index is 6.29. The van der Waals surface area contributed by atoms with E-state index in [2.05, 4.69) is 20.8 Å². The monoisotopic (exact) mass is 169 g/mol. The van der Waals surface area contributed by atoms with E-state index in [1.807, 2.05) is 0 Å². The van der Waals surface area contributed by atoms with Gasteiger partial charge >= 0.3 is 0 Å². The molecular formula is C10H19NO. The molecule has 3 unspecified atom stereocenters. The molecule has 0 radical (unpaired) electrons. The lowest BCUT2D eigenvalue weighted by molar-refractivity contribution is 0.00122. The number of rotatable bonds is 1. The van der Waals surface area contributed by atoms with Crippen LogP contribution in [-0.2, 0) is 4.74 Å². The van der Waals surface area contributed by atoms with Crippen molar-refractivity contribution < 1.29 is 4.74 Å². The maximum absolute atomic E-state index is 6.29. The molecule has 2 nitrogen and oxygen atoms in total. The zero-order valence-electron chi connectivity index (χ0n) is 8.26. The zero-order valence-corrected chi connectivity index (χ0v) is 8.26. The fourth-order valence-electron chi connectivity index (χ4n) is 2.76. The van der Waals surface area contributed by atoms with E-state index in [-0.39, 0.29) is 11.1 Å². The SMILES string of the molecule is CC1CC1(N)C1CCOC1(C)C. The summed E-state index contributed by atoms with van der Waals surface area (Å²) < 4.78 is 5.69. The van der Waals surface area contributed by atoms with E-state index in [0.29, 0.717) is 11.8 Å². The summed E-state index contributed by atoms with van der Waals surface area (Å²) in [5.74, 6) is 1.27. The number of ether oxygens (including phenoxy) is 1. The topological polar surface area (TPSA) is 35.2 Å². The van der Waals surface area contributed by atoms with Gasteiger partial charge in [0.25, 0.3) is 0 Å². The molecule has 2 heteroatoms. The van der Waals surface area contributed by atoms with Crippen LogP contribution in [0.4, 0.5) is 0 Å². The lowest BCUT2D eigenvalue weighted by atomic mass is 9.82. The van der Waals surface area contributed by atoms with Gasteiger partial charge in [-0.3, -0.25) is 0 Å². The Morgan fingerprint density at radius 3 is 2.33 bits per heavy atom. The van der Waals surface area contributed by atoms with Crippen LogP contribution in [-0.4, -0.2) is 17.7 Å². The van der Waals surface area contributed by atoms with E-state index in [1.165, 1.54) is 6.42 Å². The van der Waals surface area contributed by atoms with E-state index in [0.717, 1.165) is 13.0 Å². The molecule has 0 aromatic carbocycles. The Labute approximate surface area is 74.5 Å². The number of hydrogen-bond donors (Lipinski definition) is 1. The molecule has 0 aromatic rings. The Morgan fingerprint density at radius 2 is 2.00 bits per heavy atom. The van der Waals surface area contributed by atoms with E-state index in [4.69, 9.17) is 10.5 Å². The highest BCUT2D eigenvalue weighted by Gasteiger charge is 2.59. The summed E-state index contributed by atoms with van der Waals surface area (Å²) in [5, 5.41) is 0. The van der Waals surface area contributed by atoms with Crippen molar-refractivity contribution >= 4 is 0 Å². The molecule has 1 aliphatic carbocycles. The molecule has 0 bridgehead atoms. The number of hydrogen-bond acceptors (Lipinski definition) is 2. The Morgan fingerprint density at radius 1 is 1.42 bits per heavy atom. The summed E-state index contributed by atoms with van der Waals surface area (Å²) in [6.07, 6.45) is 2.33. The van der Waals surface area contributed by atoms with Gasteiger partial charge < -0.3 is 10.5 Å². The van der Waals surface area contributed by atoms with Gasteiger partial charge in [-0.25, -0.2) is 0 Å². The lowest BCUT2D eigenvalue weighted by Crippen LogP contribution is -2.44. The first kappa shape index (κ1) is 8.52. The Hall–Kier alpha value is -0.0800. The van der Waals surface area contributed by atoms with Crippen molar-refractivity contribution in [3.05, 3.63) is 0 Å². The van der Waals surface area contributed by atoms with Crippen LogP contribution in [0.1, 0.15) is 33.6 Å². The van der Waals surface area contributed by atoms with Crippen LogP contribution in [0.15, 0.2) is 0 Å². The molecule has 3 atom stereocenters. The minimum absolute atomic E-state index is 0.0134. The van der Waals surface area contributed by atoms with Gasteiger partial charge in [0.2, 0.25) is 0 Å². The van der Waals surface area contributed by atoms with E-state index in [9.17, 15) is 0 Å². The molecule has 1 aliphatic heterocycles. The van der Waals surface area contributed by atoms with Gasteiger partial charge in [0, 0.05) is 18.1 Å². The van der Waals surface area contributed by atoms with Gasteiger partial charge in [-0.1, -0.05) is 6.92 Å². The molecule has 0 spiro atoms. The highest BCUT2D eigenvalue weighted by atomic mass is 16.5. The second-order valence-corrected chi connectivity index (χ2v) is 5.01. The first-order chi connectivity index (χ1) is 5.47. The molecule has 12 heavy (non-hydrogen) atoms. The van der Waals surface area contributed by atoms with Crippen molar-refractivity contribution in [2.45, 2.75) is 44.8 Å². The predicted molar refractivity (Wildman–Crippen MR) is 48.8 cm³/mol. The average molecular weight is 169 g/mol. The Kier molecular flexibility index (Phi) is 1.59. The van der Waals surface area contributed by atoms with Crippen LogP contribution in [0, 0.1) is 11.8 Å². The van der Waals surface area contributed by atoms with Crippen molar-refractivity contribution in [2.24, 2.45) is 17.6 Å². The minimum Gasteiger partial charge on any atom is -0.375 e. The number of nitrogens with two attached hydrogens (primary N) is 1. The Bertz CT molecular complexity index is 202. The van der Waals surface area contributed by atoms with Crippen LogP contribution in [0.2, 0.25) is 0 Å². The highest BCUT2D eigenvalue weighted by molar-refractivity contribution is 5.14. The van der Waals surface area contributed by atoms with E-state index in [1.54, 1.807) is 0 Å². The summed E-state index contributed by atoms with van der Waals surface area (Å²) >= 11 is 0. The average Bonchev–Trinajstić information content (AvgIpc) is 2.40. The maximum Gasteiger partial charge on any atom is 0.0673 e. The standard InChI is InChI=1S/C10H19NO/c1-7-6-10(7,11)8-4-5-12-9(8,2)3/h7-8H,4-6,11H2,1-3H3. The summed E-state index contributed by atoms with van der Waals surface area (Å²) in [6, 6.07) is 0. The molecule has 1 saturated heterocycles. The summed E-state index contributed by atoms with van der Waals surface area (Å²) in [4.78, 5) is 0. The summed E-state index contributed by atoms with van der Waals surface area (Å²) in [5.41, 5.74) is 6.40. The van der Waals surface area contributed by atoms with Gasteiger partial charge in [0.05, 0.1) is 5.60 Å². The smallest absolute Gasteiger partial charge is 0.0673 e. The third-order valence-electron chi connectivity index (χ3n) is 3.79. The molecule has 70 valence electrons. The van der Waals surface area contributed by atoms with Gasteiger partial charge in [0.15, 0.2) is 0 Å². The first-order valence-corrected chi connectivity index (χ1v) is 4.89. The van der Waals surface area contributed by atoms with E-state index < -0.39 is 0 Å². The van der Waals surface area contributed by atoms with Crippen LogP contribution < -0.4 is 5.73 Å². The largest absolute Gasteiger partial charge is 0.375 e. The molecule has 2 aliphatic rings. The predicted octanol–water partition coefficient (Wildman–Crippen LogP) is 1.54. The molecule has 1 saturated carbocycles. The van der Waals surface area contributed by atoms with Crippen molar-refractivity contribution in [1.82, 2.24) is 0 Å². The minimum atomic E-state index is 0.0134. The second kappa shape index (κ2) is 2.24. The van der Waals surface area contributed by atoms with Crippen molar-refractivity contribution in [1.29, 1.82) is 0 Å². The molecule has 0 aromatic heterocycles. The molecule has 2 rings (SSSR count). The fraction of sp³-hybridized carbons (Fsp3) is 1.00. The van der Waals surface area contributed by atoms with Crippen LogP contribution in [0.5, 0.6) is 0 Å². The van der Waals surface area contributed by atoms with Gasteiger partial charge in [0.1, 0.15) is 0 Å². The van der Waals surface area contributed by atoms with Crippen LogP contribution in [0.3, 0.4) is 0 Å².